The summed E-state index contributed by atoms with van der Waals surface area (Å²) in [5, 5.41) is 16.6. The molecule has 0 spiro atoms. The van der Waals surface area contributed by atoms with Crippen LogP contribution in [-0.2, 0) is 13.1 Å². The van der Waals surface area contributed by atoms with Crippen molar-refractivity contribution in [3.8, 4) is 28.6 Å². The molecule has 11 heteroatoms. The highest BCUT2D eigenvalue weighted by atomic mass is 16.2. The van der Waals surface area contributed by atoms with Crippen molar-refractivity contribution >= 4 is 22.6 Å². The number of H-pyrrole nitrogens is 2. The molecule has 0 aliphatic carbocycles. The number of imidazole rings is 1. The molecule has 0 radical (unpaired) electrons. The van der Waals surface area contributed by atoms with Gasteiger partial charge in [-0.2, -0.15) is 5.26 Å². The molecule has 2 amide bonds. The molecule has 0 unspecified atom stereocenters. The van der Waals surface area contributed by atoms with Gasteiger partial charge in [-0.1, -0.05) is 6.07 Å². The van der Waals surface area contributed by atoms with E-state index in [0.717, 1.165) is 65.8 Å². The average Bonchev–Trinajstić information content (AvgIpc) is 3.66. The summed E-state index contributed by atoms with van der Waals surface area (Å²) in [5.41, 5.74) is 5.50. The van der Waals surface area contributed by atoms with E-state index >= 15 is 0 Å². The Hall–Kier alpha value is -4.82. The Labute approximate surface area is 242 Å². The Morgan fingerprint density at radius 3 is 2.81 bits per heavy atom. The maximum absolute atomic E-state index is 13.6. The van der Waals surface area contributed by atoms with Gasteiger partial charge in [-0.05, 0) is 68.7 Å². The fourth-order valence-corrected chi connectivity index (χ4v) is 6.64. The number of benzene rings is 1. The number of nitrogens with one attached hydrogen (secondary N) is 2. The van der Waals surface area contributed by atoms with Gasteiger partial charge >= 0.3 is 6.03 Å². The second-order valence-corrected chi connectivity index (χ2v) is 11.6. The maximum Gasteiger partial charge on any atom is 0.320 e. The molecule has 7 rings (SSSR count). The number of aromatic nitrogens is 5. The van der Waals surface area contributed by atoms with Crippen molar-refractivity contribution in [2.24, 2.45) is 5.92 Å². The quantitative estimate of drug-likeness (QED) is 0.345. The van der Waals surface area contributed by atoms with Gasteiger partial charge < -0.3 is 19.3 Å². The van der Waals surface area contributed by atoms with Crippen molar-refractivity contribution in [3.05, 3.63) is 70.4 Å². The molecule has 2 N–H and O–H groups in total. The topological polar surface area (TPSA) is 121 Å². The third-order valence-electron chi connectivity index (χ3n) is 8.84. The van der Waals surface area contributed by atoms with Crippen LogP contribution in [0.4, 0.5) is 4.79 Å². The van der Waals surface area contributed by atoms with Gasteiger partial charge in [-0.15, -0.1) is 0 Å². The fraction of sp³-hybridized carbons (Fsp3) is 0.355. The lowest BCUT2D eigenvalue weighted by atomic mass is 9.97. The highest BCUT2D eigenvalue weighted by Gasteiger charge is 2.29. The summed E-state index contributed by atoms with van der Waals surface area (Å²) in [6.45, 7) is 4.38. The van der Waals surface area contributed by atoms with Crippen LogP contribution in [0.3, 0.4) is 0 Å². The first kappa shape index (κ1) is 26.1. The van der Waals surface area contributed by atoms with Gasteiger partial charge in [0.25, 0.3) is 5.56 Å². The lowest BCUT2D eigenvalue weighted by molar-refractivity contribution is 0.138. The van der Waals surface area contributed by atoms with Crippen LogP contribution >= 0.6 is 0 Å². The van der Waals surface area contributed by atoms with Crippen LogP contribution in [0, 0.1) is 17.2 Å². The molecule has 11 nitrogen and oxygen atoms in total. The highest BCUT2D eigenvalue weighted by molar-refractivity contribution is 6.01. The number of hydrogen-bond acceptors (Lipinski definition) is 5. The number of fused-ring (bicyclic) bond motifs is 1. The van der Waals surface area contributed by atoms with Crippen molar-refractivity contribution in [2.45, 2.75) is 25.9 Å². The number of urea groups is 1. The van der Waals surface area contributed by atoms with Crippen LogP contribution in [0.5, 0.6) is 0 Å². The second-order valence-electron chi connectivity index (χ2n) is 11.6. The van der Waals surface area contributed by atoms with Crippen molar-refractivity contribution in [1.82, 2.24) is 38.8 Å². The molecule has 1 aromatic carbocycles. The summed E-state index contributed by atoms with van der Waals surface area (Å²) in [5.74, 6) is 0.508. The number of pyridine rings is 1. The van der Waals surface area contributed by atoms with Gasteiger partial charge in [0.1, 0.15) is 5.65 Å². The van der Waals surface area contributed by atoms with Crippen LogP contribution in [0.25, 0.3) is 39.1 Å². The Bertz CT molecular complexity index is 1910. The largest absolute Gasteiger partial charge is 0.345 e. The molecule has 5 aromatic rings. The Morgan fingerprint density at radius 2 is 2.00 bits per heavy atom. The van der Waals surface area contributed by atoms with Crippen LogP contribution in [0.15, 0.2) is 53.7 Å². The Morgan fingerprint density at radius 1 is 1.17 bits per heavy atom. The van der Waals surface area contributed by atoms with E-state index in [9.17, 15) is 14.9 Å². The van der Waals surface area contributed by atoms with E-state index in [1.54, 1.807) is 6.20 Å². The Balaban J connectivity index is 1.26. The number of carbonyl (C=O) groups excluding carboxylic acids is 1. The molecular weight excluding hydrogens is 530 g/mol. The summed E-state index contributed by atoms with van der Waals surface area (Å²) in [4.78, 5) is 37.5. The van der Waals surface area contributed by atoms with Gasteiger partial charge in [0, 0.05) is 56.6 Å². The van der Waals surface area contributed by atoms with E-state index in [4.69, 9.17) is 0 Å². The fourth-order valence-electron chi connectivity index (χ4n) is 6.64. The normalized spacial score (nSPS) is 16.2. The number of amides is 2. The number of likely N-dealkylation sites (tertiary alicyclic amines) is 1. The molecule has 214 valence electrons. The first-order chi connectivity index (χ1) is 20.4. The molecule has 4 aromatic heterocycles. The SMILES string of the molecule is CN1CCC(CN(C)C(=O)N2CCn3cc(-c4c(-c5cnc6ccccn56)[nH][nH]c4=O)c4cc(C#N)cc(c43)C2)CC1. The predicted molar refractivity (Wildman–Crippen MR) is 160 cm³/mol. The average molecular weight is 564 g/mol. The molecule has 6 heterocycles. The van der Waals surface area contributed by atoms with E-state index in [2.05, 4.69) is 37.8 Å². The molecule has 1 saturated heterocycles. The molecule has 0 bridgehead atoms. The third kappa shape index (κ3) is 4.35. The first-order valence-corrected chi connectivity index (χ1v) is 14.4. The van der Waals surface area contributed by atoms with Crippen molar-refractivity contribution < 1.29 is 4.79 Å². The molecule has 2 aliphatic heterocycles. The van der Waals surface area contributed by atoms with Crippen molar-refractivity contribution in [1.29, 1.82) is 5.26 Å². The second kappa shape index (κ2) is 10.2. The van der Waals surface area contributed by atoms with E-state index in [1.807, 2.05) is 64.0 Å². The van der Waals surface area contributed by atoms with E-state index < -0.39 is 0 Å². The van der Waals surface area contributed by atoms with Gasteiger partial charge in [0.2, 0.25) is 0 Å². The van der Waals surface area contributed by atoms with Gasteiger partial charge in [0.15, 0.2) is 0 Å². The smallest absolute Gasteiger partial charge is 0.320 e. The van der Waals surface area contributed by atoms with E-state index in [0.29, 0.717) is 42.4 Å². The summed E-state index contributed by atoms with van der Waals surface area (Å²) in [6.07, 6.45) is 7.84. The number of carbonyl (C=O) groups is 1. The molecule has 42 heavy (non-hydrogen) atoms. The van der Waals surface area contributed by atoms with Gasteiger partial charge in [-0.25, -0.2) is 9.78 Å². The number of nitriles is 1. The molecule has 0 atom stereocenters. The lowest BCUT2D eigenvalue weighted by Crippen LogP contribution is -2.44. The summed E-state index contributed by atoms with van der Waals surface area (Å²) < 4.78 is 4.05. The molecule has 0 saturated carbocycles. The number of aromatic amines is 2. The minimum atomic E-state index is -0.247. The standard InChI is InChI=1S/C31H33N9O2/c1-36-9-6-20(7-10-36)17-37(2)31(42)39-12-11-38-19-24(23-14-21(15-32)13-22(18-39)29(23)38)27-28(34-35-30(27)41)25-16-33-26-5-3-4-8-40(25)26/h3-5,8,13-14,16,19-20H,6-7,9-12,17-18H2,1-2H3,(H2,34,35,41). The van der Waals surface area contributed by atoms with Crippen LogP contribution in [0.2, 0.25) is 0 Å². The van der Waals surface area contributed by atoms with Gasteiger partial charge in [-0.3, -0.25) is 19.4 Å². The predicted octanol–water partition coefficient (Wildman–Crippen LogP) is 3.72. The van der Waals surface area contributed by atoms with Crippen LogP contribution in [-0.4, -0.2) is 85.2 Å². The van der Waals surface area contributed by atoms with Crippen molar-refractivity contribution in [2.75, 3.05) is 40.3 Å². The summed E-state index contributed by atoms with van der Waals surface area (Å²) in [6, 6.07) is 11.8. The highest BCUT2D eigenvalue weighted by Crippen LogP contribution is 2.37. The minimum absolute atomic E-state index is 0.00684. The lowest BCUT2D eigenvalue weighted by Gasteiger charge is -2.33. The van der Waals surface area contributed by atoms with E-state index in [1.165, 1.54) is 0 Å². The maximum atomic E-state index is 13.6. The minimum Gasteiger partial charge on any atom is -0.345 e. The number of hydrogen-bond donors (Lipinski definition) is 2. The number of piperidine rings is 1. The number of rotatable bonds is 4. The zero-order valence-corrected chi connectivity index (χ0v) is 23.8. The van der Waals surface area contributed by atoms with Crippen LogP contribution in [0.1, 0.15) is 24.0 Å². The number of nitrogens with zero attached hydrogens (tertiary/aromatic N) is 7. The first-order valence-electron chi connectivity index (χ1n) is 14.4. The zero-order chi connectivity index (χ0) is 29.0. The third-order valence-corrected chi connectivity index (χ3v) is 8.84. The summed E-state index contributed by atoms with van der Waals surface area (Å²) >= 11 is 0. The summed E-state index contributed by atoms with van der Waals surface area (Å²) in [7, 11) is 4.04. The monoisotopic (exact) mass is 563 g/mol. The molecular formula is C31H33N9O2. The van der Waals surface area contributed by atoms with Crippen molar-refractivity contribution in [3.63, 3.8) is 0 Å². The Kier molecular flexibility index (Phi) is 6.35. The zero-order valence-electron chi connectivity index (χ0n) is 23.8. The van der Waals surface area contributed by atoms with Crippen LogP contribution < -0.4 is 5.56 Å². The molecule has 1 fully saturated rings. The van der Waals surface area contributed by atoms with Gasteiger partial charge in [0.05, 0.1) is 40.3 Å². The van der Waals surface area contributed by atoms with E-state index in [-0.39, 0.29) is 11.6 Å². The molecule has 2 aliphatic rings.